The van der Waals surface area contributed by atoms with Crippen LogP contribution in [0.2, 0.25) is 0 Å². The number of allylic oxidation sites excluding steroid dienone is 3. The molecular weight excluding hydrogens is 129 g/mol. The Kier molecular flexibility index (Phi) is 3.77. The molecule has 0 fully saturated rings. The van der Waals surface area contributed by atoms with Gasteiger partial charge >= 0.3 is 0 Å². The molecule has 0 amide bonds. The van der Waals surface area contributed by atoms with Gasteiger partial charge in [0.1, 0.15) is 5.83 Å². The first-order valence-corrected chi connectivity index (χ1v) is 3.34. The summed E-state index contributed by atoms with van der Waals surface area (Å²) in [4.78, 5) is 0. The van der Waals surface area contributed by atoms with Gasteiger partial charge in [-0.15, -0.1) is 0 Å². The molecule has 0 spiro atoms. The highest BCUT2D eigenvalue weighted by molar-refractivity contribution is 5.17. The van der Waals surface area contributed by atoms with Crippen LogP contribution >= 0.6 is 0 Å². The molecule has 0 aliphatic heterocycles. The van der Waals surface area contributed by atoms with Gasteiger partial charge in [-0.1, -0.05) is 19.9 Å². The van der Waals surface area contributed by atoms with Crippen molar-refractivity contribution < 1.29 is 4.39 Å². The average Bonchev–Trinajstić information content (AvgIpc) is 1.82. The van der Waals surface area contributed by atoms with Crippen LogP contribution in [0.5, 0.6) is 0 Å². The van der Waals surface area contributed by atoms with Crippen molar-refractivity contribution in [2.75, 3.05) is 0 Å². The molecular formula is C8H14FN. The van der Waals surface area contributed by atoms with Crippen molar-refractivity contribution in [2.45, 2.75) is 20.8 Å². The van der Waals surface area contributed by atoms with E-state index in [9.17, 15) is 4.39 Å². The van der Waals surface area contributed by atoms with Gasteiger partial charge in [-0.3, -0.25) is 0 Å². The van der Waals surface area contributed by atoms with Gasteiger partial charge in [0.2, 0.25) is 0 Å². The number of hydrogen-bond donors (Lipinski definition) is 1. The van der Waals surface area contributed by atoms with Crippen LogP contribution in [-0.2, 0) is 0 Å². The molecule has 0 unspecified atom stereocenters. The summed E-state index contributed by atoms with van der Waals surface area (Å²) in [7, 11) is 0. The Hall–Kier alpha value is -0.790. The average molecular weight is 143 g/mol. The third-order valence-electron chi connectivity index (χ3n) is 1.06. The zero-order valence-corrected chi connectivity index (χ0v) is 6.69. The molecule has 0 aromatic carbocycles. The quantitative estimate of drug-likeness (QED) is 0.590. The maximum Gasteiger partial charge on any atom is 0.120 e. The van der Waals surface area contributed by atoms with E-state index in [1.54, 1.807) is 6.08 Å². The molecule has 1 nitrogen and oxygen atoms in total. The molecule has 0 saturated heterocycles. The van der Waals surface area contributed by atoms with Crippen molar-refractivity contribution in [3.05, 3.63) is 23.7 Å². The Morgan fingerprint density at radius 2 is 2.00 bits per heavy atom. The first kappa shape index (κ1) is 9.21. The fraction of sp³-hybridized carbons (Fsp3) is 0.500. The second kappa shape index (κ2) is 4.09. The van der Waals surface area contributed by atoms with Crippen LogP contribution < -0.4 is 5.73 Å². The summed E-state index contributed by atoms with van der Waals surface area (Å²) in [6.45, 7) is 5.37. The zero-order valence-electron chi connectivity index (χ0n) is 6.69. The Balaban J connectivity index is 4.03. The molecule has 0 rings (SSSR count). The van der Waals surface area contributed by atoms with Gasteiger partial charge in [-0.25, -0.2) is 4.39 Å². The fourth-order valence-corrected chi connectivity index (χ4v) is 0.411. The van der Waals surface area contributed by atoms with E-state index in [1.165, 1.54) is 6.92 Å². The SMILES string of the molecule is C/C(F)=C(N)\C=C/C(C)C. The highest BCUT2D eigenvalue weighted by atomic mass is 19.1. The summed E-state index contributed by atoms with van der Waals surface area (Å²) in [6.07, 6.45) is 3.46. The minimum Gasteiger partial charge on any atom is -0.397 e. The molecule has 0 atom stereocenters. The summed E-state index contributed by atoms with van der Waals surface area (Å²) in [5.74, 6) is 0.0924. The lowest BCUT2D eigenvalue weighted by Crippen LogP contribution is -1.95. The molecule has 58 valence electrons. The zero-order chi connectivity index (χ0) is 8.15. The van der Waals surface area contributed by atoms with Gasteiger partial charge in [-0.05, 0) is 18.9 Å². The van der Waals surface area contributed by atoms with Gasteiger partial charge in [0.25, 0.3) is 0 Å². The normalized spacial score (nSPS) is 14.5. The van der Waals surface area contributed by atoms with Crippen molar-refractivity contribution in [1.82, 2.24) is 0 Å². The third kappa shape index (κ3) is 4.13. The smallest absolute Gasteiger partial charge is 0.120 e. The lowest BCUT2D eigenvalue weighted by Gasteiger charge is -1.94. The van der Waals surface area contributed by atoms with Crippen molar-refractivity contribution in [2.24, 2.45) is 11.7 Å². The van der Waals surface area contributed by atoms with Crippen molar-refractivity contribution in [3.63, 3.8) is 0 Å². The van der Waals surface area contributed by atoms with E-state index < -0.39 is 0 Å². The fourth-order valence-electron chi connectivity index (χ4n) is 0.411. The van der Waals surface area contributed by atoms with E-state index in [1.807, 2.05) is 19.9 Å². The monoisotopic (exact) mass is 143 g/mol. The standard InChI is InChI=1S/C8H14FN/c1-6(2)4-5-8(10)7(3)9/h4-6H,10H2,1-3H3/b5-4-,8-7-. The van der Waals surface area contributed by atoms with Crippen molar-refractivity contribution >= 4 is 0 Å². The number of hydrogen-bond acceptors (Lipinski definition) is 1. The van der Waals surface area contributed by atoms with Gasteiger partial charge < -0.3 is 5.73 Å². The van der Waals surface area contributed by atoms with Gasteiger partial charge in [0, 0.05) is 0 Å². The Labute approximate surface area is 61.4 Å². The van der Waals surface area contributed by atoms with Crippen LogP contribution in [0.3, 0.4) is 0 Å². The molecule has 0 aliphatic carbocycles. The predicted molar refractivity (Wildman–Crippen MR) is 42.0 cm³/mol. The molecule has 2 N–H and O–H groups in total. The lowest BCUT2D eigenvalue weighted by atomic mass is 10.2. The summed E-state index contributed by atoms with van der Waals surface area (Å²) in [5, 5.41) is 0. The maximum atomic E-state index is 12.2. The molecule has 0 radical (unpaired) electrons. The minimum absolute atomic E-state index is 0.216. The molecule has 0 saturated carbocycles. The second-order valence-electron chi connectivity index (χ2n) is 2.59. The van der Waals surface area contributed by atoms with Gasteiger partial charge in [0.15, 0.2) is 0 Å². The van der Waals surface area contributed by atoms with Crippen molar-refractivity contribution in [3.8, 4) is 0 Å². The van der Waals surface area contributed by atoms with Crippen LogP contribution in [0.25, 0.3) is 0 Å². The second-order valence-corrected chi connectivity index (χ2v) is 2.59. The van der Waals surface area contributed by atoms with Crippen molar-refractivity contribution in [1.29, 1.82) is 0 Å². The molecule has 0 aromatic heterocycles. The topological polar surface area (TPSA) is 26.0 Å². The Morgan fingerprint density at radius 3 is 2.30 bits per heavy atom. The predicted octanol–water partition coefficient (Wildman–Crippen LogP) is 2.36. The van der Waals surface area contributed by atoms with Crippen LogP contribution in [-0.4, -0.2) is 0 Å². The summed E-state index contributed by atoms with van der Waals surface area (Å²) >= 11 is 0. The summed E-state index contributed by atoms with van der Waals surface area (Å²) in [6, 6.07) is 0. The molecule has 2 heteroatoms. The molecule has 0 aliphatic rings. The largest absolute Gasteiger partial charge is 0.397 e. The van der Waals surface area contributed by atoms with Crippen LogP contribution in [0.1, 0.15) is 20.8 Å². The van der Waals surface area contributed by atoms with E-state index in [-0.39, 0.29) is 11.5 Å². The first-order chi connectivity index (χ1) is 4.54. The molecule has 10 heavy (non-hydrogen) atoms. The Morgan fingerprint density at radius 1 is 1.50 bits per heavy atom. The molecule has 0 aromatic rings. The lowest BCUT2D eigenvalue weighted by molar-refractivity contribution is 0.629. The minimum atomic E-state index is -0.322. The molecule has 0 bridgehead atoms. The van der Waals surface area contributed by atoms with Crippen LogP contribution in [0.4, 0.5) is 4.39 Å². The van der Waals surface area contributed by atoms with E-state index in [0.717, 1.165) is 0 Å². The number of halogens is 1. The van der Waals surface area contributed by atoms with Gasteiger partial charge in [-0.2, -0.15) is 0 Å². The van der Waals surface area contributed by atoms with E-state index >= 15 is 0 Å². The van der Waals surface area contributed by atoms with E-state index in [4.69, 9.17) is 5.73 Å². The number of nitrogens with two attached hydrogens (primary N) is 1. The maximum absolute atomic E-state index is 12.2. The van der Waals surface area contributed by atoms with E-state index in [0.29, 0.717) is 5.92 Å². The first-order valence-electron chi connectivity index (χ1n) is 3.34. The number of rotatable bonds is 2. The highest BCUT2D eigenvalue weighted by Gasteiger charge is 1.90. The van der Waals surface area contributed by atoms with E-state index in [2.05, 4.69) is 0 Å². The van der Waals surface area contributed by atoms with Crippen LogP contribution in [0.15, 0.2) is 23.7 Å². The Bertz CT molecular complexity index is 153. The third-order valence-corrected chi connectivity index (χ3v) is 1.06. The van der Waals surface area contributed by atoms with Gasteiger partial charge in [0.05, 0.1) is 5.70 Å². The highest BCUT2D eigenvalue weighted by Crippen LogP contribution is 2.02. The summed E-state index contributed by atoms with van der Waals surface area (Å²) < 4.78 is 12.2. The molecule has 0 heterocycles. The van der Waals surface area contributed by atoms with Crippen LogP contribution in [0, 0.1) is 5.92 Å². The summed E-state index contributed by atoms with van der Waals surface area (Å²) in [5.41, 5.74) is 5.50.